The van der Waals surface area contributed by atoms with Gasteiger partial charge in [-0.25, -0.2) is 13.2 Å². The Morgan fingerprint density at radius 2 is 2.12 bits per heavy atom. The Bertz CT molecular complexity index is 588. The predicted octanol–water partition coefficient (Wildman–Crippen LogP) is 0.687. The van der Waals surface area contributed by atoms with E-state index in [1.165, 1.54) is 18.2 Å². The zero-order valence-electron chi connectivity index (χ0n) is 8.71. The lowest BCUT2D eigenvalue weighted by atomic mass is 10.3. The fourth-order valence-corrected chi connectivity index (χ4v) is 2.65. The summed E-state index contributed by atoms with van der Waals surface area (Å²) in [5.41, 5.74) is 8.20. The number of nitrogens with two attached hydrogens (primary N) is 1. The third kappa shape index (κ3) is 1.90. The minimum absolute atomic E-state index is 0.0457. The lowest BCUT2D eigenvalue weighted by Gasteiger charge is -2.17. The van der Waals surface area contributed by atoms with Crippen LogP contribution in [-0.4, -0.2) is 25.3 Å². The van der Waals surface area contributed by atoms with Crippen molar-refractivity contribution < 1.29 is 13.2 Å². The minimum atomic E-state index is -3.43. The number of nitrogens with zero attached hydrogens (tertiary/aromatic N) is 2. The predicted molar refractivity (Wildman–Crippen MR) is 62.9 cm³/mol. The fraction of sp³-hybridized carbons (Fsp3) is 0.125. The number of sulfone groups is 1. The Kier molecular flexibility index (Phi) is 2.64. The van der Waals surface area contributed by atoms with Crippen molar-refractivity contribution in [3.05, 3.63) is 18.2 Å². The highest BCUT2D eigenvalue weighted by molar-refractivity contribution is 7.90. The van der Waals surface area contributed by atoms with Gasteiger partial charge in [-0.2, -0.15) is 5.01 Å². The quantitative estimate of drug-likeness (QED) is 0.736. The van der Waals surface area contributed by atoms with Crippen molar-refractivity contribution in [3.63, 3.8) is 0 Å². The van der Waals surface area contributed by atoms with Crippen LogP contribution < -0.4 is 16.2 Å². The second-order valence-electron chi connectivity index (χ2n) is 3.44. The molecule has 0 unspecified atom stereocenters. The summed E-state index contributed by atoms with van der Waals surface area (Å²) < 4.78 is 23.9. The van der Waals surface area contributed by atoms with Crippen LogP contribution >= 0.6 is 11.8 Å². The van der Waals surface area contributed by atoms with Crippen LogP contribution in [0.4, 0.5) is 16.2 Å². The van der Waals surface area contributed by atoms with E-state index in [2.05, 4.69) is 5.43 Å². The van der Waals surface area contributed by atoms with E-state index in [-0.39, 0.29) is 16.3 Å². The fourth-order valence-electron chi connectivity index (χ4n) is 1.56. The SMILES string of the molecule is CS(=O)(=O)c1cccc2c1NN(Cl)N2C(N)=O. The van der Waals surface area contributed by atoms with E-state index in [0.29, 0.717) is 0 Å². The number of amides is 2. The number of carbonyl (C=O) groups excluding carboxylic acids is 1. The van der Waals surface area contributed by atoms with Crippen molar-refractivity contribution in [3.8, 4) is 0 Å². The second-order valence-corrected chi connectivity index (χ2v) is 5.75. The molecule has 0 fully saturated rings. The van der Waals surface area contributed by atoms with Crippen molar-refractivity contribution in [1.29, 1.82) is 0 Å². The molecular weight excluding hydrogens is 268 g/mol. The number of fused-ring (bicyclic) bond motifs is 1. The molecule has 7 nitrogen and oxygen atoms in total. The highest BCUT2D eigenvalue weighted by Gasteiger charge is 2.33. The number of primary amides is 1. The first kappa shape index (κ1) is 12.0. The summed E-state index contributed by atoms with van der Waals surface area (Å²) in [5.74, 6) is 0. The molecule has 2 amide bonds. The van der Waals surface area contributed by atoms with Crippen molar-refractivity contribution in [2.45, 2.75) is 4.90 Å². The zero-order chi connectivity index (χ0) is 12.8. The van der Waals surface area contributed by atoms with Crippen LogP contribution in [0.2, 0.25) is 0 Å². The zero-order valence-corrected chi connectivity index (χ0v) is 10.3. The van der Waals surface area contributed by atoms with Crippen molar-refractivity contribution in [2.75, 3.05) is 16.7 Å². The summed E-state index contributed by atoms with van der Waals surface area (Å²) in [6.45, 7) is 0. The van der Waals surface area contributed by atoms with Gasteiger partial charge in [0.2, 0.25) is 0 Å². The lowest BCUT2D eigenvalue weighted by Crippen LogP contribution is -2.42. The van der Waals surface area contributed by atoms with Gasteiger partial charge in [0.05, 0.1) is 16.3 Å². The second kappa shape index (κ2) is 3.76. The average Bonchev–Trinajstić information content (AvgIpc) is 2.51. The van der Waals surface area contributed by atoms with Crippen LogP contribution in [0.3, 0.4) is 0 Å². The summed E-state index contributed by atoms with van der Waals surface area (Å²) in [7, 11) is -3.43. The molecule has 2 rings (SSSR count). The van der Waals surface area contributed by atoms with Crippen LogP contribution in [0.5, 0.6) is 0 Å². The van der Waals surface area contributed by atoms with Gasteiger partial charge in [0.15, 0.2) is 9.84 Å². The molecule has 0 radical (unpaired) electrons. The molecule has 0 spiro atoms. The van der Waals surface area contributed by atoms with E-state index in [0.717, 1.165) is 15.9 Å². The summed E-state index contributed by atoms with van der Waals surface area (Å²) >= 11 is 5.71. The topological polar surface area (TPSA) is 95.7 Å². The molecule has 0 saturated heterocycles. The highest BCUT2D eigenvalue weighted by atomic mass is 35.5. The number of carbonyl (C=O) groups is 1. The monoisotopic (exact) mass is 276 g/mol. The van der Waals surface area contributed by atoms with E-state index in [1.807, 2.05) is 0 Å². The van der Waals surface area contributed by atoms with Gasteiger partial charge in [-0.15, -0.1) is 0 Å². The Morgan fingerprint density at radius 3 is 2.65 bits per heavy atom. The van der Waals surface area contributed by atoms with Crippen molar-refractivity contribution >= 4 is 39.0 Å². The van der Waals surface area contributed by atoms with Gasteiger partial charge < -0.3 is 5.73 Å². The van der Waals surface area contributed by atoms with Gasteiger partial charge >= 0.3 is 6.03 Å². The van der Waals surface area contributed by atoms with Crippen LogP contribution in [0.1, 0.15) is 0 Å². The van der Waals surface area contributed by atoms with Gasteiger partial charge in [0.25, 0.3) is 0 Å². The normalized spacial score (nSPS) is 15.5. The summed E-state index contributed by atoms with van der Waals surface area (Å²) in [6.07, 6.45) is 1.07. The summed E-state index contributed by atoms with van der Waals surface area (Å²) in [5, 5.41) is 0.922. The average molecular weight is 277 g/mol. The largest absolute Gasteiger partial charge is 0.350 e. The first-order valence-corrected chi connectivity index (χ1v) is 6.70. The minimum Gasteiger partial charge on any atom is -0.350 e. The van der Waals surface area contributed by atoms with E-state index < -0.39 is 15.9 Å². The Morgan fingerprint density at radius 1 is 1.47 bits per heavy atom. The third-order valence-corrected chi connectivity index (χ3v) is 3.60. The molecule has 1 aliphatic heterocycles. The third-order valence-electron chi connectivity index (χ3n) is 2.22. The highest BCUT2D eigenvalue weighted by Crippen LogP contribution is 2.39. The summed E-state index contributed by atoms with van der Waals surface area (Å²) in [4.78, 5) is 11.2. The number of hydrogen-bond donors (Lipinski definition) is 2. The van der Waals surface area contributed by atoms with Gasteiger partial charge in [-0.05, 0) is 16.8 Å². The number of urea groups is 1. The summed E-state index contributed by atoms with van der Waals surface area (Å²) in [6, 6.07) is 3.63. The molecule has 1 aliphatic rings. The van der Waals surface area contributed by atoms with E-state index in [4.69, 9.17) is 17.5 Å². The molecule has 1 heterocycles. The smallest absolute Gasteiger partial charge is 0.336 e. The first-order chi connectivity index (χ1) is 7.82. The first-order valence-electron chi connectivity index (χ1n) is 4.47. The molecule has 0 aromatic heterocycles. The standard InChI is InChI=1S/C8H9ClN4O3S/c1-17(15,16)6-4-2-3-5-7(6)11-13(9)12(5)8(10)14/h2-4,11H,1H3,(H2,10,14). The Hall–Kier alpha value is -1.51. The van der Waals surface area contributed by atoms with Gasteiger partial charge in [-0.1, -0.05) is 6.07 Å². The van der Waals surface area contributed by atoms with Crippen molar-refractivity contribution in [1.82, 2.24) is 4.64 Å². The van der Waals surface area contributed by atoms with E-state index in [1.54, 1.807) is 0 Å². The number of halogens is 1. The molecule has 0 saturated carbocycles. The van der Waals surface area contributed by atoms with Crippen LogP contribution in [0, 0.1) is 0 Å². The van der Waals surface area contributed by atoms with Crippen LogP contribution in [0.15, 0.2) is 23.1 Å². The molecule has 0 bridgehead atoms. The number of benzene rings is 1. The number of hydrogen-bond acceptors (Lipinski definition) is 5. The van der Waals surface area contributed by atoms with Crippen molar-refractivity contribution in [2.24, 2.45) is 5.73 Å². The molecule has 17 heavy (non-hydrogen) atoms. The molecule has 0 atom stereocenters. The maximum Gasteiger partial charge on any atom is 0.336 e. The van der Waals surface area contributed by atoms with Gasteiger partial charge in [0.1, 0.15) is 0 Å². The molecule has 92 valence electrons. The molecule has 1 aromatic rings. The molecular formula is C8H9ClN4O3S. The number of hydrazine groups is 2. The number of para-hydroxylation sites is 1. The Balaban J connectivity index is 2.65. The van der Waals surface area contributed by atoms with E-state index >= 15 is 0 Å². The van der Waals surface area contributed by atoms with Crippen LogP contribution in [-0.2, 0) is 9.84 Å². The molecule has 1 aromatic carbocycles. The van der Waals surface area contributed by atoms with E-state index in [9.17, 15) is 13.2 Å². The van der Waals surface area contributed by atoms with Gasteiger partial charge in [-0.3, -0.25) is 5.43 Å². The van der Waals surface area contributed by atoms with Crippen LogP contribution in [0.25, 0.3) is 0 Å². The van der Waals surface area contributed by atoms with Gasteiger partial charge in [0, 0.05) is 18.0 Å². The number of nitrogens with one attached hydrogen (secondary N) is 1. The molecule has 9 heteroatoms. The maximum atomic E-state index is 11.5. The molecule has 3 N–H and O–H groups in total. The Labute approximate surface area is 103 Å². The molecule has 0 aliphatic carbocycles. The maximum absolute atomic E-state index is 11.5. The number of rotatable bonds is 1. The lowest BCUT2D eigenvalue weighted by molar-refractivity contribution is 0.247. The number of anilines is 2.